The monoisotopic (exact) mass is 438 g/mol. The zero-order chi connectivity index (χ0) is 19.4. The van der Waals surface area contributed by atoms with Gasteiger partial charge in [-0.2, -0.15) is 0 Å². The van der Waals surface area contributed by atoms with Gasteiger partial charge in [0.05, 0.1) is 26.3 Å². The lowest BCUT2D eigenvalue weighted by Gasteiger charge is -2.33. The Hall–Kier alpha value is -1.64. The van der Waals surface area contributed by atoms with E-state index >= 15 is 0 Å². The largest absolute Gasteiger partial charge is 0.490 e. The second-order valence-corrected chi connectivity index (χ2v) is 8.82. The van der Waals surface area contributed by atoms with Crippen LogP contribution in [0.25, 0.3) is 21.3 Å². The highest BCUT2D eigenvalue weighted by atomic mass is 35.5. The Bertz CT molecular complexity index is 1090. The fourth-order valence-corrected chi connectivity index (χ4v) is 5.46. The number of nitrogens with zero attached hydrogens (tertiary/aromatic N) is 2. The van der Waals surface area contributed by atoms with E-state index < -0.39 is 0 Å². The lowest BCUT2D eigenvalue weighted by atomic mass is 10.0. The number of nitrogens with one attached hydrogen (secondary N) is 1. The van der Waals surface area contributed by atoms with Gasteiger partial charge in [-0.15, -0.1) is 0 Å². The third kappa shape index (κ3) is 2.93. The molecule has 3 N–H and O–H groups in total. The lowest BCUT2D eigenvalue weighted by Crippen LogP contribution is -2.52. The summed E-state index contributed by atoms with van der Waals surface area (Å²) in [5.74, 6) is 0.270. The van der Waals surface area contributed by atoms with Gasteiger partial charge in [0.25, 0.3) is 0 Å². The van der Waals surface area contributed by atoms with Gasteiger partial charge in [-0.05, 0) is 18.2 Å². The van der Waals surface area contributed by atoms with Crippen molar-refractivity contribution < 1.29 is 9.13 Å². The molecular formula is C19H17Cl2FN4OS. The first-order chi connectivity index (χ1) is 13.5. The van der Waals surface area contributed by atoms with Gasteiger partial charge in [-0.1, -0.05) is 34.5 Å². The number of hydrogen-bond acceptors (Lipinski definition) is 6. The summed E-state index contributed by atoms with van der Waals surface area (Å²) in [4.78, 5) is 6.68. The third-order valence-electron chi connectivity index (χ3n) is 5.30. The minimum Gasteiger partial charge on any atom is -0.490 e. The van der Waals surface area contributed by atoms with Gasteiger partial charge in [-0.25, -0.2) is 9.37 Å². The number of fused-ring (bicyclic) bond motifs is 3. The Morgan fingerprint density at radius 1 is 1.36 bits per heavy atom. The van der Waals surface area contributed by atoms with Crippen LogP contribution in [0.2, 0.25) is 10.0 Å². The number of nitrogens with two attached hydrogens (primary N) is 1. The molecule has 2 aromatic carbocycles. The van der Waals surface area contributed by atoms with E-state index in [-0.39, 0.29) is 11.9 Å². The third-order valence-corrected chi connectivity index (χ3v) is 6.85. The molecule has 0 unspecified atom stereocenters. The van der Waals surface area contributed by atoms with Crippen LogP contribution < -0.4 is 15.8 Å². The standard InChI is InChI=1S/C19H17Cl2FN4OS/c20-12-5-9-7-26-4-3-24-6-10(26)8-27-17(9)15(21)14(12)11-1-2-13(22)18-16(11)25-19(23)28-18/h1-2,5,10,24H,3-4,6-8H2,(H2,23,25)/t10-/m0/s1. The van der Waals surface area contributed by atoms with Crippen LogP contribution in [0.5, 0.6) is 5.75 Å². The average molecular weight is 439 g/mol. The summed E-state index contributed by atoms with van der Waals surface area (Å²) >= 11 is 14.6. The maximum atomic E-state index is 14.2. The molecule has 0 saturated carbocycles. The van der Waals surface area contributed by atoms with Gasteiger partial charge >= 0.3 is 0 Å². The topological polar surface area (TPSA) is 63.4 Å². The van der Waals surface area contributed by atoms with Crippen molar-refractivity contribution in [2.45, 2.75) is 12.6 Å². The molecule has 1 aromatic heterocycles. The van der Waals surface area contributed by atoms with E-state index in [4.69, 9.17) is 33.7 Å². The number of ether oxygens (including phenoxy) is 1. The van der Waals surface area contributed by atoms with E-state index in [9.17, 15) is 4.39 Å². The Kier molecular flexibility index (Phi) is 4.60. The summed E-state index contributed by atoms with van der Waals surface area (Å²) in [6, 6.07) is 5.21. The van der Waals surface area contributed by atoms with E-state index in [0.29, 0.717) is 48.9 Å². The van der Waals surface area contributed by atoms with Gasteiger partial charge in [0.1, 0.15) is 18.2 Å². The molecule has 1 saturated heterocycles. The van der Waals surface area contributed by atoms with Crippen LogP contribution in [-0.4, -0.2) is 42.2 Å². The average Bonchev–Trinajstić information content (AvgIpc) is 2.96. The first-order valence-electron chi connectivity index (χ1n) is 8.96. The smallest absolute Gasteiger partial charge is 0.181 e. The van der Waals surface area contributed by atoms with Crippen LogP contribution in [-0.2, 0) is 6.54 Å². The molecular weight excluding hydrogens is 422 g/mol. The predicted octanol–water partition coefficient (Wildman–Crippen LogP) is 4.16. The van der Waals surface area contributed by atoms with Gasteiger partial charge in [-0.3, -0.25) is 4.90 Å². The van der Waals surface area contributed by atoms with Crippen molar-refractivity contribution in [1.82, 2.24) is 15.2 Å². The van der Waals surface area contributed by atoms with Crippen molar-refractivity contribution >= 4 is 49.9 Å². The van der Waals surface area contributed by atoms with Crippen molar-refractivity contribution in [3.05, 3.63) is 39.6 Å². The molecule has 3 heterocycles. The van der Waals surface area contributed by atoms with Crippen LogP contribution in [0, 0.1) is 5.82 Å². The van der Waals surface area contributed by atoms with Gasteiger partial charge in [0.2, 0.25) is 0 Å². The quantitative estimate of drug-likeness (QED) is 0.597. The molecule has 5 nitrogen and oxygen atoms in total. The molecule has 5 rings (SSSR count). The zero-order valence-corrected chi connectivity index (χ0v) is 17.1. The first kappa shape index (κ1) is 18.4. The summed E-state index contributed by atoms with van der Waals surface area (Å²) in [6.07, 6.45) is 0. The van der Waals surface area contributed by atoms with Crippen molar-refractivity contribution in [2.24, 2.45) is 0 Å². The minimum atomic E-state index is -0.365. The summed E-state index contributed by atoms with van der Waals surface area (Å²) in [6.45, 7) is 4.04. The molecule has 28 heavy (non-hydrogen) atoms. The highest BCUT2D eigenvalue weighted by molar-refractivity contribution is 7.22. The molecule has 0 aliphatic carbocycles. The van der Waals surface area contributed by atoms with Crippen LogP contribution in [0.3, 0.4) is 0 Å². The zero-order valence-electron chi connectivity index (χ0n) is 14.8. The van der Waals surface area contributed by atoms with Gasteiger partial charge < -0.3 is 15.8 Å². The Labute approximate surface area is 175 Å². The Morgan fingerprint density at radius 3 is 3.07 bits per heavy atom. The van der Waals surface area contributed by atoms with E-state index in [1.54, 1.807) is 6.07 Å². The summed E-state index contributed by atoms with van der Waals surface area (Å²) < 4.78 is 20.7. The summed E-state index contributed by atoms with van der Waals surface area (Å²) in [5.41, 5.74) is 8.48. The first-order valence-corrected chi connectivity index (χ1v) is 10.5. The summed E-state index contributed by atoms with van der Waals surface area (Å²) in [7, 11) is 0. The number of piperazine rings is 1. The molecule has 1 atom stereocenters. The van der Waals surface area contributed by atoms with Gasteiger partial charge in [0, 0.05) is 42.9 Å². The number of nitrogen functional groups attached to an aromatic ring is 1. The molecule has 146 valence electrons. The molecule has 3 aromatic rings. The fraction of sp³-hybridized carbons (Fsp3) is 0.316. The maximum Gasteiger partial charge on any atom is 0.181 e. The van der Waals surface area contributed by atoms with Crippen LogP contribution in [0.1, 0.15) is 5.56 Å². The predicted molar refractivity (Wildman–Crippen MR) is 112 cm³/mol. The maximum absolute atomic E-state index is 14.2. The molecule has 1 fully saturated rings. The van der Waals surface area contributed by atoms with Gasteiger partial charge in [0.15, 0.2) is 5.13 Å². The molecule has 0 radical (unpaired) electrons. The normalized spacial score (nSPS) is 19.8. The highest BCUT2D eigenvalue weighted by Crippen LogP contribution is 2.47. The van der Waals surface area contributed by atoms with E-state index in [1.165, 1.54) is 6.07 Å². The molecule has 0 spiro atoms. The number of benzene rings is 2. The molecule has 0 amide bonds. The van der Waals surface area contributed by atoms with Crippen molar-refractivity contribution in [1.29, 1.82) is 0 Å². The number of rotatable bonds is 1. The number of thiazole rings is 1. The van der Waals surface area contributed by atoms with Crippen molar-refractivity contribution in [2.75, 3.05) is 32.0 Å². The summed E-state index contributed by atoms with van der Waals surface area (Å²) in [5, 5.41) is 4.60. The highest BCUT2D eigenvalue weighted by Gasteiger charge is 2.30. The van der Waals surface area contributed by atoms with Crippen molar-refractivity contribution in [3.63, 3.8) is 0 Å². The number of anilines is 1. The fourth-order valence-electron chi connectivity index (χ4n) is 3.94. The number of hydrogen-bond donors (Lipinski definition) is 2. The lowest BCUT2D eigenvalue weighted by molar-refractivity contribution is 0.120. The number of halogens is 3. The van der Waals surface area contributed by atoms with Crippen LogP contribution in [0.4, 0.5) is 9.52 Å². The van der Waals surface area contributed by atoms with E-state index in [1.807, 2.05) is 6.07 Å². The van der Waals surface area contributed by atoms with Crippen molar-refractivity contribution in [3.8, 4) is 16.9 Å². The molecule has 2 aliphatic heterocycles. The number of aromatic nitrogens is 1. The Morgan fingerprint density at radius 2 is 2.21 bits per heavy atom. The molecule has 2 aliphatic rings. The van der Waals surface area contributed by atoms with Crippen LogP contribution in [0.15, 0.2) is 18.2 Å². The minimum absolute atomic E-state index is 0.287. The van der Waals surface area contributed by atoms with E-state index in [0.717, 1.165) is 43.1 Å². The van der Waals surface area contributed by atoms with Crippen LogP contribution >= 0.6 is 34.5 Å². The second-order valence-electron chi connectivity index (χ2n) is 7.00. The molecule has 0 bridgehead atoms. The van der Waals surface area contributed by atoms with E-state index in [2.05, 4.69) is 15.2 Å². The Balaban J connectivity index is 1.67. The SMILES string of the molecule is Nc1nc2c(-c3c(Cl)cc4c(c3Cl)OC[C@@H]3CNCCN3C4)ccc(F)c2s1. The molecule has 9 heteroatoms. The second kappa shape index (κ2) is 7.00.